The number of terminal acetylenes is 1. The molecule has 3 atom stereocenters. The van der Waals surface area contributed by atoms with Gasteiger partial charge in [-0.15, -0.1) is 6.42 Å². The van der Waals surface area contributed by atoms with E-state index >= 15 is 0 Å². The third-order valence-electron chi connectivity index (χ3n) is 5.14. The summed E-state index contributed by atoms with van der Waals surface area (Å²) in [5.74, 6) is 3.59. The van der Waals surface area contributed by atoms with E-state index in [2.05, 4.69) is 26.3 Å². The van der Waals surface area contributed by atoms with Crippen LogP contribution >= 0.6 is 0 Å². The van der Waals surface area contributed by atoms with Crippen molar-refractivity contribution < 1.29 is 14.3 Å². The first-order valence-corrected chi connectivity index (χ1v) is 9.26. The second-order valence-corrected chi connectivity index (χ2v) is 7.42. The SMILES string of the molecule is C#CC(OC(=O)C1C(C=CC=C)C1(C)C)c1cccc(Oc2ccccc2)c1. The minimum Gasteiger partial charge on any atom is -0.457 e. The highest BCUT2D eigenvalue weighted by Gasteiger charge is 2.61. The Hall–Kier alpha value is -3.25. The van der Waals surface area contributed by atoms with E-state index in [9.17, 15) is 4.79 Å². The number of allylic oxidation sites excluding steroid dienone is 3. The summed E-state index contributed by atoms with van der Waals surface area (Å²) in [5, 5.41) is 0. The van der Waals surface area contributed by atoms with Crippen LogP contribution in [0.4, 0.5) is 0 Å². The van der Waals surface area contributed by atoms with Crippen molar-refractivity contribution in [3.05, 3.63) is 85.0 Å². The van der Waals surface area contributed by atoms with Gasteiger partial charge in [0.05, 0.1) is 5.92 Å². The lowest BCUT2D eigenvalue weighted by molar-refractivity contribution is -0.149. The maximum atomic E-state index is 12.7. The molecule has 142 valence electrons. The van der Waals surface area contributed by atoms with Gasteiger partial charge in [-0.25, -0.2) is 0 Å². The fourth-order valence-electron chi connectivity index (χ4n) is 3.44. The van der Waals surface area contributed by atoms with Gasteiger partial charge >= 0.3 is 5.97 Å². The van der Waals surface area contributed by atoms with Crippen LogP contribution in [0.1, 0.15) is 25.5 Å². The van der Waals surface area contributed by atoms with Crippen LogP contribution in [0.15, 0.2) is 79.4 Å². The zero-order valence-corrected chi connectivity index (χ0v) is 16.2. The Morgan fingerprint density at radius 3 is 2.57 bits per heavy atom. The van der Waals surface area contributed by atoms with Crippen LogP contribution in [-0.4, -0.2) is 5.97 Å². The first kappa shape index (κ1) is 19.5. The quantitative estimate of drug-likeness (QED) is 0.355. The third-order valence-corrected chi connectivity index (χ3v) is 5.14. The number of hydrogen-bond donors (Lipinski definition) is 0. The number of benzene rings is 2. The Labute approximate surface area is 166 Å². The number of esters is 1. The second kappa shape index (κ2) is 8.19. The normalized spacial score (nSPS) is 20.8. The molecule has 3 rings (SSSR count). The average Bonchev–Trinajstić information content (AvgIpc) is 3.25. The lowest BCUT2D eigenvalue weighted by Gasteiger charge is -2.15. The van der Waals surface area contributed by atoms with Gasteiger partial charge in [0.25, 0.3) is 0 Å². The fourth-order valence-corrected chi connectivity index (χ4v) is 3.44. The molecule has 0 aliphatic heterocycles. The molecule has 0 N–H and O–H groups in total. The lowest BCUT2D eigenvalue weighted by Crippen LogP contribution is -2.14. The van der Waals surface area contributed by atoms with Crippen LogP contribution in [0.3, 0.4) is 0 Å². The van der Waals surface area contributed by atoms with Crippen LogP contribution in [0, 0.1) is 29.6 Å². The molecule has 0 amide bonds. The maximum absolute atomic E-state index is 12.7. The van der Waals surface area contributed by atoms with Gasteiger partial charge in [-0.3, -0.25) is 4.79 Å². The molecule has 0 aromatic heterocycles. The zero-order chi connectivity index (χ0) is 20.1. The molecular formula is C25H24O3. The first-order chi connectivity index (χ1) is 13.5. The monoisotopic (exact) mass is 372 g/mol. The Kier molecular flexibility index (Phi) is 5.70. The molecule has 28 heavy (non-hydrogen) atoms. The molecule has 0 spiro atoms. The predicted octanol–water partition coefficient (Wildman–Crippen LogP) is 5.71. The summed E-state index contributed by atoms with van der Waals surface area (Å²) in [7, 11) is 0. The van der Waals surface area contributed by atoms with Gasteiger partial charge < -0.3 is 9.47 Å². The topological polar surface area (TPSA) is 35.5 Å². The van der Waals surface area contributed by atoms with Crippen molar-refractivity contribution in [3.8, 4) is 23.8 Å². The van der Waals surface area contributed by atoms with Gasteiger partial charge in [-0.2, -0.15) is 0 Å². The van der Waals surface area contributed by atoms with Crippen molar-refractivity contribution in [2.45, 2.75) is 20.0 Å². The molecule has 1 aliphatic carbocycles. The van der Waals surface area contributed by atoms with E-state index < -0.39 is 6.10 Å². The molecule has 0 saturated heterocycles. The molecule has 1 saturated carbocycles. The third kappa shape index (κ3) is 4.18. The Bertz CT molecular complexity index is 918. The fraction of sp³-hybridized carbons (Fsp3) is 0.240. The van der Waals surface area contributed by atoms with Gasteiger partial charge in [0.2, 0.25) is 0 Å². The molecule has 1 aliphatic rings. The van der Waals surface area contributed by atoms with Crippen LogP contribution in [0.25, 0.3) is 0 Å². The van der Waals surface area contributed by atoms with Crippen molar-refractivity contribution in [2.24, 2.45) is 17.3 Å². The highest BCUT2D eigenvalue weighted by Crippen LogP contribution is 2.59. The van der Waals surface area contributed by atoms with Gasteiger partial charge in [0.1, 0.15) is 11.5 Å². The number of ether oxygens (including phenoxy) is 2. The standard InChI is InChI=1S/C25H24O3/c1-5-7-16-21-23(25(21,3)4)24(26)28-22(6-2)18-12-11-15-20(17-18)27-19-13-9-8-10-14-19/h2,5,7-17,21-23H,1H2,3-4H3. The van der Waals surface area contributed by atoms with Crippen molar-refractivity contribution in [1.29, 1.82) is 0 Å². The second-order valence-electron chi connectivity index (χ2n) is 7.42. The zero-order valence-electron chi connectivity index (χ0n) is 16.2. The lowest BCUT2D eigenvalue weighted by atomic mass is 10.1. The smallest absolute Gasteiger partial charge is 0.311 e. The van der Waals surface area contributed by atoms with Crippen LogP contribution in [0.2, 0.25) is 0 Å². The van der Waals surface area contributed by atoms with E-state index in [1.165, 1.54) is 0 Å². The Balaban J connectivity index is 1.71. The van der Waals surface area contributed by atoms with Crippen LogP contribution < -0.4 is 4.74 Å². The van der Waals surface area contributed by atoms with E-state index in [0.717, 1.165) is 5.75 Å². The highest BCUT2D eigenvalue weighted by molar-refractivity contribution is 5.78. The summed E-state index contributed by atoms with van der Waals surface area (Å²) in [6.45, 7) is 7.78. The van der Waals surface area contributed by atoms with Crippen molar-refractivity contribution in [1.82, 2.24) is 0 Å². The summed E-state index contributed by atoms with van der Waals surface area (Å²) in [4.78, 5) is 12.7. The number of carbonyl (C=O) groups is 1. The van der Waals surface area contributed by atoms with Crippen LogP contribution in [-0.2, 0) is 9.53 Å². The first-order valence-electron chi connectivity index (χ1n) is 9.26. The molecule has 0 radical (unpaired) electrons. The van der Waals surface area contributed by atoms with E-state index in [0.29, 0.717) is 11.3 Å². The number of rotatable bonds is 7. The number of carbonyl (C=O) groups excluding carboxylic acids is 1. The molecule has 2 aromatic rings. The largest absolute Gasteiger partial charge is 0.457 e. The van der Waals surface area contributed by atoms with Gasteiger partial charge in [-0.1, -0.05) is 74.9 Å². The van der Waals surface area contributed by atoms with E-state index in [-0.39, 0.29) is 23.2 Å². The van der Waals surface area contributed by atoms with Crippen molar-refractivity contribution in [2.75, 3.05) is 0 Å². The molecule has 1 fully saturated rings. The summed E-state index contributed by atoms with van der Waals surface area (Å²) < 4.78 is 11.5. The summed E-state index contributed by atoms with van der Waals surface area (Å²) >= 11 is 0. The molecule has 3 heteroatoms. The van der Waals surface area contributed by atoms with Crippen molar-refractivity contribution >= 4 is 5.97 Å². The minimum absolute atomic E-state index is 0.129. The summed E-state index contributed by atoms with van der Waals surface area (Å²) in [5.41, 5.74) is 0.564. The van der Waals surface area contributed by atoms with Gasteiger partial charge in [0, 0.05) is 5.56 Å². The highest BCUT2D eigenvalue weighted by atomic mass is 16.5. The van der Waals surface area contributed by atoms with Crippen LogP contribution in [0.5, 0.6) is 11.5 Å². The molecule has 3 nitrogen and oxygen atoms in total. The summed E-state index contributed by atoms with van der Waals surface area (Å²) in [6, 6.07) is 16.8. The Morgan fingerprint density at radius 1 is 1.18 bits per heavy atom. The van der Waals surface area contributed by atoms with Gasteiger partial charge in [0.15, 0.2) is 6.10 Å². The van der Waals surface area contributed by atoms with E-state index in [1.807, 2.05) is 60.7 Å². The molecule has 3 unspecified atom stereocenters. The number of hydrogen-bond acceptors (Lipinski definition) is 3. The summed E-state index contributed by atoms with van der Waals surface area (Å²) in [6.07, 6.45) is 10.5. The predicted molar refractivity (Wildman–Crippen MR) is 111 cm³/mol. The molecule has 0 heterocycles. The average molecular weight is 372 g/mol. The van der Waals surface area contributed by atoms with E-state index in [4.69, 9.17) is 15.9 Å². The van der Waals surface area contributed by atoms with Gasteiger partial charge in [-0.05, 0) is 35.6 Å². The van der Waals surface area contributed by atoms with Crippen molar-refractivity contribution in [3.63, 3.8) is 0 Å². The maximum Gasteiger partial charge on any atom is 0.311 e. The molecule has 2 aromatic carbocycles. The number of para-hydroxylation sites is 1. The Morgan fingerprint density at radius 2 is 1.89 bits per heavy atom. The van der Waals surface area contributed by atoms with E-state index in [1.54, 1.807) is 12.1 Å². The molecule has 0 bridgehead atoms. The molecular weight excluding hydrogens is 348 g/mol. The minimum atomic E-state index is -0.757.